The molecule has 0 atom stereocenters. The van der Waals surface area contributed by atoms with Gasteiger partial charge in [0.25, 0.3) is 0 Å². The number of nitrogens with zero attached hydrogens (tertiary/aromatic N) is 4. The monoisotopic (exact) mass is 228 g/mol. The highest BCUT2D eigenvalue weighted by molar-refractivity contribution is 6.32. The van der Waals surface area contributed by atoms with Crippen LogP contribution in [0.3, 0.4) is 0 Å². The number of hydrogen-bond donors (Lipinski definition) is 0. The second-order valence-electron chi connectivity index (χ2n) is 2.71. The van der Waals surface area contributed by atoms with Crippen molar-refractivity contribution in [1.82, 2.24) is 19.7 Å². The molecule has 2 heterocycles. The molecule has 0 saturated heterocycles. The van der Waals surface area contributed by atoms with E-state index in [4.69, 9.17) is 23.2 Å². The van der Waals surface area contributed by atoms with Crippen molar-refractivity contribution in [3.8, 4) is 5.82 Å². The standard InChI is InChI=1S/C8H6Cl2N4/c1-5-2-3-14(13-5)7-6(9)4-11-8(10)12-7/h2-4H,1H3. The van der Waals surface area contributed by atoms with Crippen LogP contribution in [0.2, 0.25) is 10.3 Å². The van der Waals surface area contributed by atoms with Gasteiger partial charge in [-0.2, -0.15) is 10.1 Å². The van der Waals surface area contributed by atoms with Crippen molar-refractivity contribution in [3.63, 3.8) is 0 Å². The van der Waals surface area contributed by atoms with Gasteiger partial charge in [-0.05, 0) is 24.6 Å². The van der Waals surface area contributed by atoms with Gasteiger partial charge in [-0.3, -0.25) is 0 Å². The molecule has 72 valence electrons. The molecule has 0 fully saturated rings. The lowest BCUT2D eigenvalue weighted by Crippen LogP contribution is -2.00. The molecule has 0 spiro atoms. The summed E-state index contributed by atoms with van der Waals surface area (Å²) in [5.41, 5.74) is 0.885. The Morgan fingerprint density at radius 3 is 2.79 bits per heavy atom. The molecule has 2 aromatic heterocycles. The van der Waals surface area contributed by atoms with Gasteiger partial charge in [0.05, 0.1) is 11.9 Å². The summed E-state index contributed by atoms with van der Waals surface area (Å²) in [5.74, 6) is 0.486. The molecule has 0 unspecified atom stereocenters. The second kappa shape index (κ2) is 3.55. The van der Waals surface area contributed by atoms with Crippen LogP contribution in [0.1, 0.15) is 5.69 Å². The Labute approximate surface area is 90.5 Å². The Kier molecular flexibility index (Phi) is 2.39. The topological polar surface area (TPSA) is 43.6 Å². The fourth-order valence-electron chi connectivity index (χ4n) is 1.03. The van der Waals surface area contributed by atoms with Gasteiger partial charge in [0, 0.05) is 6.20 Å². The molecule has 6 heteroatoms. The van der Waals surface area contributed by atoms with Crippen molar-refractivity contribution < 1.29 is 0 Å². The van der Waals surface area contributed by atoms with Crippen molar-refractivity contribution in [2.75, 3.05) is 0 Å². The van der Waals surface area contributed by atoms with Crippen LogP contribution in [-0.4, -0.2) is 19.7 Å². The number of aryl methyl sites for hydroxylation is 1. The lowest BCUT2D eigenvalue weighted by atomic mass is 10.5. The Hall–Kier alpha value is -1.13. The quantitative estimate of drug-likeness (QED) is 0.704. The van der Waals surface area contributed by atoms with Crippen LogP contribution in [0.15, 0.2) is 18.5 Å². The number of halogens is 2. The van der Waals surface area contributed by atoms with Crippen molar-refractivity contribution >= 4 is 23.2 Å². The molecule has 0 amide bonds. The molecular formula is C8H6Cl2N4. The van der Waals surface area contributed by atoms with Gasteiger partial charge in [0.2, 0.25) is 5.28 Å². The minimum absolute atomic E-state index is 0.151. The van der Waals surface area contributed by atoms with Crippen LogP contribution in [-0.2, 0) is 0 Å². The van der Waals surface area contributed by atoms with Gasteiger partial charge in [-0.1, -0.05) is 11.6 Å². The maximum absolute atomic E-state index is 5.90. The predicted octanol–water partition coefficient (Wildman–Crippen LogP) is 2.28. The van der Waals surface area contributed by atoms with Gasteiger partial charge in [-0.25, -0.2) is 9.67 Å². The van der Waals surface area contributed by atoms with E-state index in [1.807, 2.05) is 13.0 Å². The van der Waals surface area contributed by atoms with E-state index in [0.717, 1.165) is 5.69 Å². The van der Waals surface area contributed by atoms with Crippen molar-refractivity contribution in [1.29, 1.82) is 0 Å². The fourth-order valence-corrected chi connectivity index (χ4v) is 1.34. The smallest absolute Gasteiger partial charge is 0.224 e. The lowest BCUT2D eigenvalue weighted by molar-refractivity contribution is 0.826. The number of aromatic nitrogens is 4. The zero-order valence-electron chi connectivity index (χ0n) is 7.28. The summed E-state index contributed by atoms with van der Waals surface area (Å²) < 4.78 is 1.56. The third kappa shape index (κ3) is 1.71. The fraction of sp³-hybridized carbons (Fsp3) is 0.125. The summed E-state index contributed by atoms with van der Waals surface area (Å²) in [6, 6.07) is 1.85. The zero-order valence-corrected chi connectivity index (χ0v) is 8.79. The Morgan fingerprint density at radius 2 is 2.14 bits per heavy atom. The van der Waals surface area contributed by atoms with Crippen LogP contribution in [0.5, 0.6) is 0 Å². The molecule has 0 bridgehead atoms. The van der Waals surface area contributed by atoms with Crippen molar-refractivity contribution in [2.24, 2.45) is 0 Å². The van der Waals surface area contributed by atoms with E-state index in [1.165, 1.54) is 6.20 Å². The van der Waals surface area contributed by atoms with Gasteiger partial charge >= 0.3 is 0 Å². The van der Waals surface area contributed by atoms with Crippen LogP contribution < -0.4 is 0 Å². The predicted molar refractivity (Wildman–Crippen MR) is 53.9 cm³/mol. The summed E-state index contributed by atoms with van der Waals surface area (Å²) in [5, 5.41) is 4.73. The highest BCUT2D eigenvalue weighted by Gasteiger charge is 2.06. The van der Waals surface area contributed by atoms with E-state index in [1.54, 1.807) is 10.9 Å². The summed E-state index contributed by atoms with van der Waals surface area (Å²) >= 11 is 11.5. The van der Waals surface area contributed by atoms with E-state index in [9.17, 15) is 0 Å². The summed E-state index contributed by atoms with van der Waals surface area (Å²) in [6.45, 7) is 1.88. The first-order chi connectivity index (χ1) is 6.66. The van der Waals surface area contributed by atoms with Crippen molar-refractivity contribution in [3.05, 3.63) is 34.5 Å². The van der Waals surface area contributed by atoms with Crippen LogP contribution in [0, 0.1) is 6.92 Å². The van der Waals surface area contributed by atoms with Crippen LogP contribution in [0.25, 0.3) is 5.82 Å². The average molecular weight is 229 g/mol. The Balaban J connectivity index is 2.55. The number of hydrogen-bond acceptors (Lipinski definition) is 3. The molecule has 0 aliphatic heterocycles. The molecule has 0 aromatic carbocycles. The molecular weight excluding hydrogens is 223 g/mol. The van der Waals surface area contributed by atoms with E-state index in [2.05, 4.69) is 15.1 Å². The largest absolute Gasteiger partial charge is 0.225 e. The van der Waals surface area contributed by atoms with Crippen molar-refractivity contribution in [2.45, 2.75) is 6.92 Å². The molecule has 14 heavy (non-hydrogen) atoms. The summed E-state index contributed by atoms with van der Waals surface area (Å²) in [4.78, 5) is 7.73. The first-order valence-corrected chi connectivity index (χ1v) is 4.63. The summed E-state index contributed by atoms with van der Waals surface area (Å²) in [6.07, 6.45) is 3.21. The zero-order chi connectivity index (χ0) is 10.1. The maximum atomic E-state index is 5.90. The SMILES string of the molecule is Cc1ccn(-c2nc(Cl)ncc2Cl)n1. The molecule has 0 aliphatic carbocycles. The molecule has 0 N–H and O–H groups in total. The molecule has 2 aromatic rings. The third-order valence-electron chi connectivity index (χ3n) is 1.64. The van der Waals surface area contributed by atoms with Gasteiger partial charge in [0.1, 0.15) is 5.02 Å². The van der Waals surface area contributed by atoms with E-state index >= 15 is 0 Å². The minimum Gasteiger partial charge on any atom is -0.225 e. The first kappa shape index (κ1) is 9.43. The Bertz CT molecular complexity index is 466. The van der Waals surface area contributed by atoms with E-state index < -0.39 is 0 Å². The molecule has 0 saturated carbocycles. The molecule has 2 rings (SSSR count). The average Bonchev–Trinajstić information content (AvgIpc) is 2.56. The maximum Gasteiger partial charge on any atom is 0.224 e. The first-order valence-electron chi connectivity index (χ1n) is 3.87. The highest BCUT2D eigenvalue weighted by Crippen LogP contribution is 2.17. The normalized spacial score (nSPS) is 10.5. The van der Waals surface area contributed by atoms with Crippen LogP contribution in [0.4, 0.5) is 0 Å². The van der Waals surface area contributed by atoms with Gasteiger partial charge in [0.15, 0.2) is 5.82 Å². The third-order valence-corrected chi connectivity index (χ3v) is 2.08. The lowest BCUT2D eigenvalue weighted by Gasteiger charge is -2.01. The van der Waals surface area contributed by atoms with Crippen LogP contribution >= 0.6 is 23.2 Å². The molecule has 0 radical (unpaired) electrons. The minimum atomic E-state index is 0.151. The van der Waals surface area contributed by atoms with E-state index in [0.29, 0.717) is 10.8 Å². The van der Waals surface area contributed by atoms with Gasteiger partial charge in [-0.15, -0.1) is 0 Å². The highest BCUT2D eigenvalue weighted by atomic mass is 35.5. The number of rotatable bonds is 1. The molecule has 4 nitrogen and oxygen atoms in total. The Morgan fingerprint density at radius 1 is 1.36 bits per heavy atom. The summed E-state index contributed by atoms with van der Waals surface area (Å²) in [7, 11) is 0. The van der Waals surface area contributed by atoms with Gasteiger partial charge < -0.3 is 0 Å². The van der Waals surface area contributed by atoms with E-state index in [-0.39, 0.29) is 5.28 Å². The molecule has 0 aliphatic rings. The second-order valence-corrected chi connectivity index (χ2v) is 3.46.